The quantitative estimate of drug-likeness (QED) is 0.461. The number of hydrogen-bond donors (Lipinski definition) is 0. The molecule has 0 atom stereocenters. The van der Waals surface area contributed by atoms with Crippen LogP contribution in [0.4, 0.5) is 8.90 Å². The predicted octanol–water partition coefficient (Wildman–Crippen LogP) is 5.55. The minimum absolute atomic E-state index is 0.00718. The van der Waals surface area contributed by atoms with Crippen molar-refractivity contribution in [2.45, 2.75) is 84.0 Å². The largest absolute Gasteiger partial charge is 0.444 e. The molecule has 0 N–H and O–H groups in total. The van der Waals surface area contributed by atoms with Gasteiger partial charge in [0.25, 0.3) is 0 Å². The molecule has 1 amide bonds. The van der Waals surface area contributed by atoms with E-state index in [2.05, 4.69) is 9.55 Å². The number of aromatic nitrogens is 2. The van der Waals surface area contributed by atoms with E-state index in [0.29, 0.717) is 13.1 Å². The molecule has 1 saturated heterocycles. The van der Waals surface area contributed by atoms with Gasteiger partial charge in [-0.05, 0) is 49.0 Å². The summed E-state index contributed by atoms with van der Waals surface area (Å²) in [4.78, 5) is 18.7. The van der Waals surface area contributed by atoms with Crippen molar-refractivity contribution in [2.24, 2.45) is 0 Å². The molecule has 0 aliphatic carbocycles. The first-order valence-electron chi connectivity index (χ1n) is 10.7. The molecule has 0 aromatic carbocycles. The first-order valence-corrected chi connectivity index (χ1v) is 12.6. The van der Waals surface area contributed by atoms with E-state index in [4.69, 9.17) is 4.74 Å². The molecule has 2 aromatic rings. The highest BCUT2D eigenvalue weighted by molar-refractivity contribution is 6.90. The molecule has 7 heteroatoms. The molecule has 166 valence electrons. The summed E-state index contributed by atoms with van der Waals surface area (Å²) in [5.74, 6) is 0. The second-order valence-corrected chi connectivity index (χ2v) is 16.3. The zero-order chi connectivity index (χ0) is 22.7. The molecular formula is C23H36FN3O2Si. The number of pyridine rings is 1. The van der Waals surface area contributed by atoms with Gasteiger partial charge in [0.15, 0.2) is 0 Å². The number of nitrogens with zero attached hydrogens (tertiary/aromatic N) is 3. The van der Waals surface area contributed by atoms with Crippen molar-refractivity contribution in [2.75, 3.05) is 13.1 Å². The predicted molar refractivity (Wildman–Crippen MR) is 123 cm³/mol. The maximum atomic E-state index is 17.2. The van der Waals surface area contributed by atoms with Crippen LogP contribution in [0.5, 0.6) is 0 Å². The molecule has 0 radical (unpaired) electrons. The fourth-order valence-corrected chi connectivity index (χ4v) is 9.44. The molecule has 0 bridgehead atoms. The van der Waals surface area contributed by atoms with Crippen molar-refractivity contribution >= 4 is 30.9 Å². The van der Waals surface area contributed by atoms with E-state index < -0.39 is 24.1 Å². The lowest BCUT2D eigenvalue weighted by Gasteiger charge is -2.47. The van der Waals surface area contributed by atoms with E-state index in [1.807, 2.05) is 80.5 Å². The Morgan fingerprint density at radius 2 is 1.67 bits per heavy atom. The van der Waals surface area contributed by atoms with Gasteiger partial charge in [0.1, 0.15) is 11.2 Å². The Morgan fingerprint density at radius 3 is 2.17 bits per heavy atom. The summed E-state index contributed by atoms with van der Waals surface area (Å²) in [5, 5.41) is 0.731. The maximum Gasteiger partial charge on any atom is 0.410 e. The average molecular weight is 434 g/mol. The summed E-state index contributed by atoms with van der Waals surface area (Å²) >= 11 is 0. The summed E-state index contributed by atoms with van der Waals surface area (Å²) in [6.45, 7) is 18.6. The molecule has 1 aliphatic heterocycles. The van der Waals surface area contributed by atoms with Gasteiger partial charge < -0.3 is 18.3 Å². The summed E-state index contributed by atoms with van der Waals surface area (Å²) in [7, 11) is -3.50. The summed E-state index contributed by atoms with van der Waals surface area (Å²) in [6.07, 6.45) is 1.43. The van der Waals surface area contributed by atoms with E-state index >= 15 is 4.11 Å². The fourth-order valence-electron chi connectivity index (χ4n) is 4.68. The fraction of sp³-hybridized carbons (Fsp3) is 0.652. The van der Waals surface area contributed by atoms with Gasteiger partial charge in [-0.1, -0.05) is 41.5 Å². The van der Waals surface area contributed by atoms with Crippen LogP contribution in [0.25, 0.3) is 11.0 Å². The van der Waals surface area contributed by atoms with Crippen LogP contribution in [0, 0.1) is 0 Å². The summed E-state index contributed by atoms with van der Waals surface area (Å²) in [6, 6.07) is 5.88. The lowest BCUT2D eigenvalue weighted by Crippen LogP contribution is -2.63. The van der Waals surface area contributed by atoms with Crippen molar-refractivity contribution in [1.29, 1.82) is 0 Å². The van der Waals surface area contributed by atoms with E-state index in [-0.39, 0.29) is 12.1 Å². The number of carbonyl (C=O) groups is 1. The third kappa shape index (κ3) is 3.77. The standard InChI is InChI=1S/C23H36FN3O2Si/c1-21(2,3)29-20(28)26-14-17(15-26)27-18(13-16-11-10-12-25-19(16)27)30(24,22(4,5)6)23(7,8)9/h10-13,17H,14-15H2,1-9H3. The van der Waals surface area contributed by atoms with Crippen LogP contribution in [-0.4, -0.2) is 47.6 Å². The molecule has 0 unspecified atom stereocenters. The van der Waals surface area contributed by atoms with Gasteiger partial charge in [-0.15, -0.1) is 0 Å². The lowest BCUT2D eigenvalue weighted by molar-refractivity contribution is 0.00176. The number of fused-ring (bicyclic) bond motifs is 1. The normalized spacial score (nSPS) is 16.7. The van der Waals surface area contributed by atoms with Gasteiger partial charge >= 0.3 is 14.5 Å². The van der Waals surface area contributed by atoms with Crippen molar-refractivity contribution in [3.8, 4) is 0 Å². The van der Waals surface area contributed by atoms with Crippen LogP contribution in [0.3, 0.4) is 0 Å². The smallest absolute Gasteiger partial charge is 0.410 e. The molecule has 1 fully saturated rings. The zero-order valence-corrected chi connectivity index (χ0v) is 20.8. The van der Waals surface area contributed by atoms with E-state index in [1.165, 1.54) is 0 Å². The molecule has 0 spiro atoms. The second-order valence-electron chi connectivity index (χ2n) is 11.5. The van der Waals surface area contributed by atoms with Gasteiger partial charge in [-0.2, -0.15) is 0 Å². The van der Waals surface area contributed by atoms with Gasteiger partial charge in [-0.3, -0.25) is 0 Å². The van der Waals surface area contributed by atoms with E-state index in [0.717, 1.165) is 16.4 Å². The molecule has 2 aromatic heterocycles. The third-order valence-electron chi connectivity index (χ3n) is 5.90. The Labute approximate surface area is 180 Å². The van der Waals surface area contributed by atoms with Crippen LogP contribution >= 0.6 is 0 Å². The Balaban J connectivity index is 2.06. The Kier molecular flexibility index (Phi) is 5.37. The number of halogens is 1. The zero-order valence-electron chi connectivity index (χ0n) is 19.8. The van der Waals surface area contributed by atoms with Gasteiger partial charge in [0, 0.05) is 30.0 Å². The third-order valence-corrected chi connectivity index (χ3v) is 11.1. The summed E-state index contributed by atoms with van der Waals surface area (Å²) < 4.78 is 24.8. The van der Waals surface area contributed by atoms with Gasteiger partial charge in [0.05, 0.1) is 6.04 Å². The topological polar surface area (TPSA) is 47.4 Å². The van der Waals surface area contributed by atoms with Crippen LogP contribution in [0.15, 0.2) is 24.4 Å². The molecule has 0 saturated carbocycles. The minimum atomic E-state index is -3.50. The minimum Gasteiger partial charge on any atom is -0.444 e. The molecule has 5 nitrogen and oxygen atoms in total. The Morgan fingerprint density at radius 1 is 1.10 bits per heavy atom. The first kappa shape index (κ1) is 22.8. The van der Waals surface area contributed by atoms with Crippen LogP contribution in [-0.2, 0) is 4.74 Å². The molecular weight excluding hydrogens is 397 g/mol. The lowest BCUT2D eigenvalue weighted by atomic mass is 10.1. The number of likely N-dealkylation sites (tertiary alicyclic amines) is 1. The first-order chi connectivity index (χ1) is 13.6. The number of ether oxygens (including phenoxy) is 1. The number of hydrogen-bond acceptors (Lipinski definition) is 3. The summed E-state index contributed by atoms with van der Waals surface area (Å²) in [5.41, 5.74) is 0.262. The molecule has 30 heavy (non-hydrogen) atoms. The number of amides is 1. The van der Waals surface area contributed by atoms with Crippen molar-refractivity contribution in [3.05, 3.63) is 24.4 Å². The van der Waals surface area contributed by atoms with Crippen LogP contribution in [0.1, 0.15) is 68.4 Å². The van der Waals surface area contributed by atoms with E-state index in [9.17, 15) is 4.79 Å². The van der Waals surface area contributed by atoms with Crippen molar-refractivity contribution < 1.29 is 13.6 Å². The highest BCUT2D eigenvalue weighted by atomic mass is 28.4. The number of rotatable bonds is 2. The Hall–Kier alpha value is -1.89. The number of carbonyl (C=O) groups excluding carboxylic acids is 1. The highest BCUT2D eigenvalue weighted by Gasteiger charge is 2.59. The van der Waals surface area contributed by atoms with Gasteiger partial charge in [0.2, 0.25) is 0 Å². The van der Waals surface area contributed by atoms with Crippen LogP contribution in [0.2, 0.25) is 10.1 Å². The van der Waals surface area contributed by atoms with E-state index in [1.54, 1.807) is 11.1 Å². The van der Waals surface area contributed by atoms with Crippen molar-refractivity contribution in [1.82, 2.24) is 14.5 Å². The monoisotopic (exact) mass is 433 g/mol. The van der Waals surface area contributed by atoms with Gasteiger partial charge in [-0.25, -0.2) is 9.78 Å². The molecule has 3 heterocycles. The molecule has 1 aliphatic rings. The maximum absolute atomic E-state index is 17.2. The molecule has 3 rings (SSSR count). The van der Waals surface area contributed by atoms with Crippen LogP contribution < -0.4 is 5.32 Å². The Bertz CT molecular complexity index is 930. The van der Waals surface area contributed by atoms with Crippen molar-refractivity contribution in [3.63, 3.8) is 0 Å². The second kappa shape index (κ2) is 7.07. The SMILES string of the molecule is CC(C)(C)OC(=O)N1CC(n2c([Si](F)(C(C)(C)C)C(C)(C)C)cc3cccnc32)C1. The highest BCUT2D eigenvalue weighted by Crippen LogP contribution is 2.52. The average Bonchev–Trinajstić information content (AvgIpc) is 2.88.